The van der Waals surface area contributed by atoms with E-state index in [4.69, 9.17) is 0 Å². The number of rotatable bonds is 7. The SMILES string of the molecule is CCC(C)(Nc1ccc(C)c(C)c1)c1ccc(C=C(c2ccccc2)c2ccc(C)cc2)cc1. The highest BCUT2D eigenvalue weighted by atomic mass is 15.0. The zero-order valence-electron chi connectivity index (χ0n) is 21.0. The molecule has 1 nitrogen and oxygen atoms in total. The maximum Gasteiger partial charge on any atom is 0.0594 e. The van der Waals surface area contributed by atoms with Crippen LogP contribution in [0.2, 0.25) is 0 Å². The first-order valence-electron chi connectivity index (χ1n) is 12.2. The van der Waals surface area contributed by atoms with E-state index in [-0.39, 0.29) is 5.54 Å². The lowest BCUT2D eigenvalue weighted by Gasteiger charge is -2.32. The molecule has 0 bridgehead atoms. The Morgan fingerprint density at radius 2 is 1.38 bits per heavy atom. The van der Waals surface area contributed by atoms with E-state index >= 15 is 0 Å². The van der Waals surface area contributed by atoms with E-state index in [0.29, 0.717) is 0 Å². The van der Waals surface area contributed by atoms with Crippen molar-refractivity contribution in [1.29, 1.82) is 0 Å². The van der Waals surface area contributed by atoms with Crippen LogP contribution in [0.25, 0.3) is 11.6 Å². The van der Waals surface area contributed by atoms with Gasteiger partial charge in [0.1, 0.15) is 0 Å². The van der Waals surface area contributed by atoms with E-state index in [1.807, 2.05) is 0 Å². The first kappa shape index (κ1) is 23.6. The maximum absolute atomic E-state index is 3.79. The van der Waals surface area contributed by atoms with E-state index in [9.17, 15) is 0 Å². The molecule has 0 aliphatic heterocycles. The zero-order chi connectivity index (χ0) is 24.1. The van der Waals surface area contributed by atoms with Crippen LogP contribution in [0, 0.1) is 20.8 Å². The molecule has 0 spiro atoms. The van der Waals surface area contributed by atoms with Gasteiger partial charge in [0.15, 0.2) is 0 Å². The second-order valence-electron chi connectivity index (χ2n) is 9.52. The van der Waals surface area contributed by atoms with Gasteiger partial charge in [0.25, 0.3) is 0 Å². The summed E-state index contributed by atoms with van der Waals surface area (Å²) in [6.45, 7) is 11.0. The maximum atomic E-state index is 3.79. The molecule has 4 aromatic carbocycles. The molecular weight excluding hydrogens is 410 g/mol. The standard InChI is InChI=1S/C33H35N/c1-6-33(5,34-31-21-14-25(3)26(4)22-31)30-19-15-27(16-20-30)23-32(28-10-8-7-9-11-28)29-17-12-24(2)13-18-29/h7-23,34H,6H2,1-5H3. The number of hydrogen-bond donors (Lipinski definition) is 1. The average Bonchev–Trinajstić information content (AvgIpc) is 2.86. The van der Waals surface area contributed by atoms with E-state index < -0.39 is 0 Å². The lowest BCUT2D eigenvalue weighted by molar-refractivity contribution is 0.523. The molecule has 0 saturated heterocycles. The van der Waals surface area contributed by atoms with Gasteiger partial charge < -0.3 is 5.32 Å². The molecule has 34 heavy (non-hydrogen) atoms. The van der Waals surface area contributed by atoms with Gasteiger partial charge in [-0.1, -0.05) is 97.4 Å². The molecule has 1 atom stereocenters. The molecule has 0 saturated carbocycles. The molecular formula is C33H35N. The zero-order valence-corrected chi connectivity index (χ0v) is 21.0. The van der Waals surface area contributed by atoms with Gasteiger partial charge in [0, 0.05) is 5.69 Å². The van der Waals surface area contributed by atoms with Gasteiger partial charge in [0.2, 0.25) is 0 Å². The minimum atomic E-state index is -0.136. The minimum absolute atomic E-state index is 0.136. The molecule has 0 amide bonds. The second-order valence-corrected chi connectivity index (χ2v) is 9.52. The summed E-state index contributed by atoms with van der Waals surface area (Å²) in [5.41, 5.74) is 11.1. The summed E-state index contributed by atoms with van der Waals surface area (Å²) in [6, 6.07) is 35.1. The second kappa shape index (κ2) is 10.1. The molecule has 4 aromatic rings. The van der Waals surface area contributed by atoms with Crippen molar-refractivity contribution in [3.63, 3.8) is 0 Å². The molecule has 1 N–H and O–H groups in total. The normalized spacial score (nSPS) is 13.4. The molecule has 0 aromatic heterocycles. The summed E-state index contributed by atoms with van der Waals surface area (Å²) in [5, 5.41) is 3.79. The molecule has 1 heteroatoms. The summed E-state index contributed by atoms with van der Waals surface area (Å²) >= 11 is 0. The van der Waals surface area contributed by atoms with Crippen molar-refractivity contribution in [2.45, 2.75) is 46.6 Å². The third-order valence-corrected chi connectivity index (χ3v) is 6.94. The van der Waals surface area contributed by atoms with E-state index in [1.54, 1.807) is 0 Å². The molecule has 172 valence electrons. The number of anilines is 1. The topological polar surface area (TPSA) is 12.0 Å². The van der Waals surface area contributed by atoms with Crippen molar-refractivity contribution in [2.24, 2.45) is 0 Å². The van der Waals surface area contributed by atoms with Gasteiger partial charge >= 0.3 is 0 Å². The predicted octanol–water partition coefficient (Wildman–Crippen LogP) is 8.94. The summed E-state index contributed by atoms with van der Waals surface area (Å²) in [4.78, 5) is 0. The Bertz CT molecular complexity index is 1260. The van der Waals surface area contributed by atoms with Gasteiger partial charge in [-0.15, -0.1) is 0 Å². The third-order valence-electron chi connectivity index (χ3n) is 6.94. The first-order chi connectivity index (χ1) is 16.4. The third kappa shape index (κ3) is 5.31. The van der Waals surface area contributed by atoms with Crippen LogP contribution in [0.15, 0.2) is 97.1 Å². The number of benzene rings is 4. The fourth-order valence-electron chi connectivity index (χ4n) is 4.30. The fraction of sp³-hybridized carbons (Fsp3) is 0.212. The largest absolute Gasteiger partial charge is 0.376 e. The Balaban J connectivity index is 1.66. The van der Waals surface area contributed by atoms with E-state index in [0.717, 1.165) is 6.42 Å². The molecule has 0 aliphatic carbocycles. The van der Waals surface area contributed by atoms with Crippen molar-refractivity contribution in [1.82, 2.24) is 0 Å². The van der Waals surface area contributed by atoms with E-state index in [1.165, 1.54) is 50.2 Å². The van der Waals surface area contributed by atoms with Crippen LogP contribution in [-0.4, -0.2) is 0 Å². The highest BCUT2D eigenvalue weighted by Crippen LogP contribution is 2.32. The van der Waals surface area contributed by atoms with Crippen LogP contribution >= 0.6 is 0 Å². The lowest BCUT2D eigenvalue weighted by Crippen LogP contribution is -2.31. The highest BCUT2D eigenvalue weighted by molar-refractivity contribution is 5.91. The Morgan fingerprint density at radius 1 is 0.735 bits per heavy atom. The van der Waals surface area contributed by atoms with Gasteiger partial charge in [-0.3, -0.25) is 0 Å². The Kier molecular flexibility index (Phi) is 7.03. The van der Waals surface area contributed by atoms with Gasteiger partial charge in [0.05, 0.1) is 5.54 Å². The average molecular weight is 446 g/mol. The van der Waals surface area contributed by atoms with Crippen molar-refractivity contribution < 1.29 is 0 Å². The van der Waals surface area contributed by atoms with Gasteiger partial charge in [-0.05, 0) is 91.3 Å². The molecule has 1 unspecified atom stereocenters. The fourth-order valence-corrected chi connectivity index (χ4v) is 4.30. The monoisotopic (exact) mass is 445 g/mol. The highest BCUT2D eigenvalue weighted by Gasteiger charge is 2.24. The molecule has 0 aliphatic rings. The van der Waals surface area contributed by atoms with Crippen molar-refractivity contribution in [2.75, 3.05) is 5.32 Å². The summed E-state index contributed by atoms with van der Waals surface area (Å²) in [6.07, 6.45) is 3.29. The number of nitrogens with one attached hydrogen (secondary N) is 1. The van der Waals surface area contributed by atoms with Gasteiger partial charge in [-0.2, -0.15) is 0 Å². The smallest absolute Gasteiger partial charge is 0.0594 e. The van der Waals surface area contributed by atoms with Gasteiger partial charge in [-0.25, -0.2) is 0 Å². The molecule has 0 heterocycles. The van der Waals surface area contributed by atoms with Crippen molar-refractivity contribution in [3.05, 3.63) is 136 Å². The predicted molar refractivity (Wildman–Crippen MR) is 148 cm³/mol. The molecule has 0 fully saturated rings. The van der Waals surface area contributed by atoms with Crippen molar-refractivity contribution >= 4 is 17.3 Å². The number of hydrogen-bond acceptors (Lipinski definition) is 1. The minimum Gasteiger partial charge on any atom is -0.376 e. The Labute approximate surface area is 205 Å². The summed E-state index contributed by atoms with van der Waals surface area (Å²) in [7, 11) is 0. The van der Waals surface area contributed by atoms with Crippen LogP contribution in [0.1, 0.15) is 59.2 Å². The van der Waals surface area contributed by atoms with Crippen LogP contribution in [-0.2, 0) is 5.54 Å². The first-order valence-corrected chi connectivity index (χ1v) is 12.2. The quantitative estimate of drug-likeness (QED) is 0.280. The van der Waals surface area contributed by atoms with Crippen LogP contribution < -0.4 is 5.32 Å². The van der Waals surface area contributed by atoms with Crippen LogP contribution in [0.5, 0.6) is 0 Å². The van der Waals surface area contributed by atoms with E-state index in [2.05, 4.69) is 143 Å². The number of aryl methyl sites for hydroxylation is 3. The Hall–Kier alpha value is -3.58. The molecule has 4 rings (SSSR count). The summed E-state index contributed by atoms with van der Waals surface area (Å²) in [5.74, 6) is 0. The summed E-state index contributed by atoms with van der Waals surface area (Å²) < 4.78 is 0. The molecule has 0 radical (unpaired) electrons. The van der Waals surface area contributed by atoms with Crippen molar-refractivity contribution in [3.8, 4) is 0 Å². The lowest BCUT2D eigenvalue weighted by atomic mass is 9.87. The Morgan fingerprint density at radius 3 is 2.00 bits per heavy atom. The van der Waals surface area contributed by atoms with Crippen LogP contribution in [0.4, 0.5) is 5.69 Å². The van der Waals surface area contributed by atoms with Crippen LogP contribution in [0.3, 0.4) is 0 Å².